The van der Waals surface area contributed by atoms with Gasteiger partial charge in [-0.3, -0.25) is 4.99 Å². The molecule has 1 aliphatic rings. The molecule has 0 aliphatic carbocycles. The largest absolute Gasteiger partial charge is 0.352 e. The molecule has 0 unspecified atom stereocenters. The molecule has 1 heterocycles. The molecule has 0 spiro atoms. The SMILES string of the molecule is CN=C(NCc1ccc(F)cc1)N1CC(C)(C)C1(C)C. The smallest absolute Gasteiger partial charge is 0.194 e. The predicted molar refractivity (Wildman–Crippen MR) is 81.2 cm³/mol. The van der Waals surface area contributed by atoms with Gasteiger partial charge in [-0.1, -0.05) is 26.0 Å². The van der Waals surface area contributed by atoms with Gasteiger partial charge in [-0.15, -0.1) is 0 Å². The third kappa shape index (κ3) is 2.51. The van der Waals surface area contributed by atoms with Crippen molar-refractivity contribution in [1.82, 2.24) is 10.2 Å². The lowest BCUT2D eigenvalue weighted by Crippen LogP contribution is -2.72. The second-order valence-corrected chi connectivity index (χ2v) is 6.56. The lowest BCUT2D eigenvalue weighted by molar-refractivity contribution is -0.0667. The highest BCUT2D eigenvalue weighted by Crippen LogP contribution is 2.46. The van der Waals surface area contributed by atoms with Gasteiger partial charge in [0.15, 0.2) is 5.96 Å². The van der Waals surface area contributed by atoms with Crippen LogP contribution in [0.2, 0.25) is 0 Å². The van der Waals surface area contributed by atoms with Gasteiger partial charge in [0.1, 0.15) is 5.82 Å². The Labute approximate surface area is 120 Å². The number of benzene rings is 1. The number of rotatable bonds is 2. The van der Waals surface area contributed by atoms with E-state index in [2.05, 4.69) is 42.9 Å². The Morgan fingerprint density at radius 3 is 2.30 bits per heavy atom. The molecule has 110 valence electrons. The van der Waals surface area contributed by atoms with Crippen molar-refractivity contribution >= 4 is 5.96 Å². The highest BCUT2D eigenvalue weighted by atomic mass is 19.1. The molecule has 1 aromatic rings. The monoisotopic (exact) mass is 277 g/mol. The molecule has 1 fully saturated rings. The number of likely N-dealkylation sites (tertiary alicyclic amines) is 1. The van der Waals surface area contributed by atoms with Crippen LogP contribution >= 0.6 is 0 Å². The standard InChI is InChI=1S/C16H24FN3/c1-15(2)11-20(16(15,3)4)14(18-5)19-10-12-6-8-13(17)9-7-12/h6-9H,10-11H2,1-5H3,(H,18,19). The summed E-state index contributed by atoms with van der Waals surface area (Å²) < 4.78 is 12.9. The van der Waals surface area contributed by atoms with Crippen LogP contribution in [0.25, 0.3) is 0 Å². The minimum Gasteiger partial charge on any atom is -0.352 e. The summed E-state index contributed by atoms with van der Waals surface area (Å²) >= 11 is 0. The maximum atomic E-state index is 12.9. The average molecular weight is 277 g/mol. The van der Waals surface area contributed by atoms with Gasteiger partial charge >= 0.3 is 0 Å². The number of guanidine groups is 1. The fourth-order valence-electron chi connectivity index (χ4n) is 2.48. The van der Waals surface area contributed by atoms with E-state index >= 15 is 0 Å². The van der Waals surface area contributed by atoms with Crippen molar-refractivity contribution in [1.29, 1.82) is 0 Å². The molecule has 0 atom stereocenters. The molecule has 4 heteroatoms. The maximum Gasteiger partial charge on any atom is 0.194 e. The zero-order valence-electron chi connectivity index (χ0n) is 13.0. The van der Waals surface area contributed by atoms with Crippen LogP contribution in [0.1, 0.15) is 33.3 Å². The first-order valence-corrected chi connectivity index (χ1v) is 7.01. The molecule has 0 radical (unpaired) electrons. The van der Waals surface area contributed by atoms with Crippen LogP contribution in [-0.4, -0.2) is 30.0 Å². The molecule has 1 aromatic carbocycles. The van der Waals surface area contributed by atoms with E-state index in [-0.39, 0.29) is 16.8 Å². The van der Waals surface area contributed by atoms with E-state index in [0.29, 0.717) is 6.54 Å². The van der Waals surface area contributed by atoms with Crippen LogP contribution in [0.4, 0.5) is 4.39 Å². The third-order valence-corrected chi connectivity index (χ3v) is 4.72. The third-order valence-electron chi connectivity index (χ3n) is 4.72. The van der Waals surface area contributed by atoms with Gasteiger partial charge in [-0.05, 0) is 31.5 Å². The Balaban J connectivity index is 2.00. The van der Waals surface area contributed by atoms with Crippen LogP contribution in [0.5, 0.6) is 0 Å². The van der Waals surface area contributed by atoms with Gasteiger partial charge in [-0.25, -0.2) is 4.39 Å². The van der Waals surface area contributed by atoms with Gasteiger partial charge in [0.2, 0.25) is 0 Å². The Hall–Kier alpha value is -1.58. The molecule has 1 saturated heterocycles. The molecular formula is C16H24FN3. The van der Waals surface area contributed by atoms with E-state index in [1.54, 1.807) is 19.2 Å². The molecule has 0 saturated carbocycles. The Bertz CT molecular complexity index is 503. The summed E-state index contributed by atoms with van der Waals surface area (Å²) in [4.78, 5) is 6.65. The molecule has 0 bridgehead atoms. The van der Waals surface area contributed by atoms with Crippen molar-refractivity contribution in [3.05, 3.63) is 35.6 Å². The van der Waals surface area contributed by atoms with Gasteiger partial charge in [-0.2, -0.15) is 0 Å². The zero-order chi connectivity index (χ0) is 15.0. The fraction of sp³-hybridized carbons (Fsp3) is 0.562. The first-order chi connectivity index (χ1) is 9.28. The Morgan fingerprint density at radius 1 is 1.25 bits per heavy atom. The molecule has 20 heavy (non-hydrogen) atoms. The average Bonchev–Trinajstić information content (AvgIpc) is 2.40. The molecule has 0 aromatic heterocycles. The van der Waals surface area contributed by atoms with E-state index in [1.165, 1.54) is 12.1 Å². The number of aliphatic imine (C=N–C) groups is 1. The highest BCUT2D eigenvalue weighted by molar-refractivity contribution is 5.82. The number of hydrogen-bond donors (Lipinski definition) is 1. The summed E-state index contributed by atoms with van der Waals surface area (Å²) in [5.74, 6) is 0.697. The number of nitrogens with zero attached hydrogens (tertiary/aromatic N) is 2. The van der Waals surface area contributed by atoms with Crippen molar-refractivity contribution in [2.45, 2.75) is 39.8 Å². The second kappa shape index (κ2) is 5.08. The van der Waals surface area contributed by atoms with Crippen molar-refractivity contribution in [2.24, 2.45) is 10.4 Å². The molecule has 3 nitrogen and oxygen atoms in total. The van der Waals surface area contributed by atoms with Gasteiger partial charge < -0.3 is 10.2 Å². The summed E-state index contributed by atoms with van der Waals surface area (Å²) in [6.45, 7) is 10.7. The van der Waals surface area contributed by atoms with Gasteiger partial charge in [0.25, 0.3) is 0 Å². The number of hydrogen-bond acceptors (Lipinski definition) is 1. The summed E-state index contributed by atoms with van der Waals surface area (Å²) in [6, 6.07) is 6.55. The number of nitrogens with one attached hydrogen (secondary N) is 1. The van der Waals surface area contributed by atoms with Crippen molar-refractivity contribution in [3.63, 3.8) is 0 Å². The minimum absolute atomic E-state index is 0.0810. The normalized spacial score (nSPS) is 20.5. The zero-order valence-corrected chi connectivity index (χ0v) is 13.0. The van der Waals surface area contributed by atoms with E-state index < -0.39 is 0 Å². The van der Waals surface area contributed by atoms with Crippen LogP contribution in [-0.2, 0) is 6.54 Å². The Morgan fingerprint density at radius 2 is 1.85 bits per heavy atom. The molecule has 1 aliphatic heterocycles. The van der Waals surface area contributed by atoms with Crippen LogP contribution in [0.15, 0.2) is 29.3 Å². The quantitative estimate of drug-likeness (QED) is 0.664. The Kier molecular flexibility index (Phi) is 3.76. The fourth-order valence-corrected chi connectivity index (χ4v) is 2.48. The van der Waals surface area contributed by atoms with Crippen molar-refractivity contribution < 1.29 is 4.39 Å². The van der Waals surface area contributed by atoms with Gasteiger partial charge in [0.05, 0.1) is 0 Å². The summed E-state index contributed by atoms with van der Waals surface area (Å²) in [7, 11) is 1.80. The molecule has 2 rings (SSSR count). The maximum absolute atomic E-state index is 12.9. The van der Waals surface area contributed by atoms with E-state index in [9.17, 15) is 4.39 Å². The first-order valence-electron chi connectivity index (χ1n) is 7.01. The van der Waals surface area contributed by atoms with Crippen LogP contribution in [0.3, 0.4) is 0 Å². The lowest BCUT2D eigenvalue weighted by Gasteiger charge is -2.62. The molecular weight excluding hydrogens is 253 g/mol. The van der Waals surface area contributed by atoms with Crippen LogP contribution < -0.4 is 5.32 Å². The summed E-state index contributed by atoms with van der Waals surface area (Å²) in [5.41, 5.74) is 1.41. The molecule has 1 N–H and O–H groups in total. The highest BCUT2D eigenvalue weighted by Gasteiger charge is 2.53. The topological polar surface area (TPSA) is 27.6 Å². The minimum atomic E-state index is -0.205. The van der Waals surface area contributed by atoms with Crippen LogP contribution in [0, 0.1) is 11.2 Å². The first kappa shape index (κ1) is 14.8. The van der Waals surface area contributed by atoms with Crippen molar-refractivity contribution in [3.8, 4) is 0 Å². The lowest BCUT2D eigenvalue weighted by atomic mass is 9.65. The number of halogens is 1. The van der Waals surface area contributed by atoms with Crippen molar-refractivity contribution in [2.75, 3.05) is 13.6 Å². The van der Waals surface area contributed by atoms with E-state index in [4.69, 9.17) is 0 Å². The second-order valence-electron chi connectivity index (χ2n) is 6.56. The predicted octanol–water partition coefficient (Wildman–Crippen LogP) is 3.02. The van der Waals surface area contributed by atoms with Gasteiger partial charge in [0, 0.05) is 31.1 Å². The summed E-state index contributed by atoms with van der Waals surface area (Å²) in [5, 5.41) is 3.35. The molecule has 0 amide bonds. The van der Waals surface area contributed by atoms with E-state index in [1.807, 2.05) is 0 Å². The summed E-state index contributed by atoms with van der Waals surface area (Å²) in [6.07, 6.45) is 0. The van der Waals surface area contributed by atoms with E-state index in [0.717, 1.165) is 18.1 Å².